The van der Waals surface area contributed by atoms with Crippen LogP contribution in [0.1, 0.15) is 34.8 Å². The molecule has 1 amide bonds. The van der Waals surface area contributed by atoms with Crippen LogP contribution in [0.15, 0.2) is 12.7 Å². The number of carbonyl (C=O) groups excluding carboxylic acids is 1. The molecule has 1 aliphatic rings. The lowest BCUT2D eigenvalue weighted by atomic mass is 10.3. The van der Waals surface area contributed by atoms with Gasteiger partial charge in [0.25, 0.3) is 0 Å². The molecule has 3 rings (SSSR count). The van der Waals surface area contributed by atoms with Crippen molar-refractivity contribution in [2.75, 3.05) is 6.54 Å². The molecular weight excluding hydrogens is 286 g/mol. The maximum atomic E-state index is 11.7. The minimum absolute atomic E-state index is 0.0965. The largest absolute Gasteiger partial charge is 0.356 e. The van der Waals surface area contributed by atoms with E-state index in [1.54, 1.807) is 11.0 Å². The van der Waals surface area contributed by atoms with Crippen molar-refractivity contribution >= 4 is 17.2 Å². The minimum Gasteiger partial charge on any atom is -0.356 e. The number of hydrogen-bond acceptors (Lipinski definition) is 5. The molecule has 0 spiro atoms. The zero-order valence-electron chi connectivity index (χ0n) is 11.9. The molecule has 1 N–H and O–H groups in total. The number of aryl methyl sites for hydroxylation is 3. The van der Waals surface area contributed by atoms with Crippen LogP contribution >= 0.6 is 11.3 Å². The standard InChI is InChI=1S/C14H19N5OS/c20-13(5-2-8-19-10-15-9-17-19)16-7-6-14-18-11-3-1-4-12(11)21-14/h9-10H,1-8H2,(H,16,20). The highest BCUT2D eigenvalue weighted by Gasteiger charge is 2.16. The molecule has 1 aliphatic carbocycles. The van der Waals surface area contributed by atoms with Gasteiger partial charge in [0.15, 0.2) is 0 Å². The quantitative estimate of drug-likeness (QED) is 0.838. The van der Waals surface area contributed by atoms with E-state index in [9.17, 15) is 4.79 Å². The van der Waals surface area contributed by atoms with Gasteiger partial charge in [-0.25, -0.2) is 9.97 Å². The molecule has 0 saturated heterocycles. The van der Waals surface area contributed by atoms with E-state index in [-0.39, 0.29) is 5.91 Å². The van der Waals surface area contributed by atoms with Gasteiger partial charge >= 0.3 is 0 Å². The van der Waals surface area contributed by atoms with Gasteiger partial charge in [0, 0.05) is 30.8 Å². The normalized spacial score (nSPS) is 13.3. The van der Waals surface area contributed by atoms with Gasteiger partial charge in [0.2, 0.25) is 5.91 Å². The lowest BCUT2D eigenvalue weighted by molar-refractivity contribution is -0.121. The van der Waals surface area contributed by atoms with Crippen molar-refractivity contribution in [1.29, 1.82) is 0 Å². The summed E-state index contributed by atoms with van der Waals surface area (Å²) in [6.07, 6.45) is 8.87. The van der Waals surface area contributed by atoms with Crippen LogP contribution in [0, 0.1) is 0 Å². The molecule has 0 unspecified atom stereocenters. The second-order valence-electron chi connectivity index (χ2n) is 5.19. The van der Waals surface area contributed by atoms with E-state index in [2.05, 4.69) is 20.4 Å². The molecule has 0 fully saturated rings. The van der Waals surface area contributed by atoms with E-state index in [1.807, 2.05) is 11.3 Å². The molecular formula is C14H19N5OS. The topological polar surface area (TPSA) is 72.7 Å². The molecule has 0 radical (unpaired) electrons. The van der Waals surface area contributed by atoms with E-state index < -0.39 is 0 Å². The van der Waals surface area contributed by atoms with Crippen LogP contribution < -0.4 is 5.32 Å². The zero-order chi connectivity index (χ0) is 14.5. The van der Waals surface area contributed by atoms with Crippen LogP contribution in [0.25, 0.3) is 0 Å². The first-order valence-electron chi connectivity index (χ1n) is 7.38. The van der Waals surface area contributed by atoms with Crippen LogP contribution in [0.2, 0.25) is 0 Å². The highest BCUT2D eigenvalue weighted by atomic mass is 32.1. The highest BCUT2D eigenvalue weighted by Crippen LogP contribution is 2.27. The van der Waals surface area contributed by atoms with E-state index >= 15 is 0 Å². The lowest BCUT2D eigenvalue weighted by Crippen LogP contribution is -2.25. The zero-order valence-corrected chi connectivity index (χ0v) is 12.7. The Hall–Kier alpha value is -1.76. The second-order valence-corrected chi connectivity index (χ2v) is 6.36. The van der Waals surface area contributed by atoms with Crippen molar-refractivity contribution < 1.29 is 4.79 Å². The van der Waals surface area contributed by atoms with Crippen LogP contribution in [0.5, 0.6) is 0 Å². The predicted octanol–water partition coefficient (Wildman–Crippen LogP) is 1.36. The van der Waals surface area contributed by atoms with Gasteiger partial charge in [-0.3, -0.25) is 9.48 Å². The lowest BCUT2D eigenvalue weighted by Gasteiger charge is -2.04. The molecule has 2 aromatic rings. The molecule has 2 heterocycles. The van der Waals surface area contributed by atoms with Crippen molar-refractivity contribution in [3.05, 3.63) is 28.2 Å². The van der Waals surface area contributed by atoms with Gasteiger partial charge in [0.05, 0.1) is 10.7 Å². The van der Waals surface area contributed by atoms with E-state index in [0.717, 1.165) is 30.8 Å². The van der Waals surface area contributed by atoms with Crippen LogP contribution in [-0.2, 0) is 30.6 Å². The first-order chi connectivity index (χ1) is 10.3. The van der Waals surface area contributed by atoms with Crippen molar-refractivity contribution in [3.8, 4) is 0 Å². The Morgan fingerprint density at radius 3 is 3.19 bits per heavy atom. The monoisotopic (exact) mass is 305 g/mol. The number of rotatable bonds is 7. The molecule has 2 aromatic heterocycles. The Labute approximate surface area is 127 Å². The SMILES string of the molecule is O=C(CCCn1cncn1)NCCc1nc2c(s1)CCC2. The van der Waals surface area contributed by atoms with Crippen molar-refractivity contribution in [1.82, 2.24) is 25.1 Å². The second kappa shape index (κ2) is 6.80. The maximum absolute atomic E-state index is 11.7. The number of aromatic nitrogens is 4. The number of hydrogen-bond donors (Lipinski definition) is 1. The minimum atomic E-state index is 0.0965. The van der Waals surface area contributed by atoms with Gasteiger partial charge in [0.1, 0.15) is 12.7 Å². The third-order valence-corrected chi connectivity index (χ3v) is 4.78. The molecule has 0 aliphatic heterocycles. The molecule has 0 bridgehead atoms. The smallest absolute Gasteiger partial charge is 0.220 e. The number of thiazole rings is 1. The summed E-state index contributed by atoms with van der Waals surface area (Å²) in [6, 6.07) is 0. The summed E-state index contributed by atoms with van der Waals surface area (Å²) in [4.78, 5) is 21.7. The van der Waals surface area contributed by atoms with E-state index in [4.69, 9.17) is 0 Å². The summed E-state index contributed by atoms with van der Waals surface area (Å²) >= 11 is 1.81. The van der Waals surface area contributed by atoms with Crippen molar-refractivity contribution in [2.24, 2.45) is 0 Å². The Morgan fingerprint density at radius 1 is 1.43 bits per heavy atom. The van der Waals surface area contributed by atoms with Gasteiger partial charge in [-0.15, -0.1) is 11.3 Å². The van der Waals surface area contributed by atoms with Crippen molar-refractivity contribution in [2.45, 2.75) is 45.1 Å². The average Bonchev–Trinajstić information content (AvgIpc) is 3.14. The highest BCUT2D eigenvalue weighted by molar-refractivity contribution is 7.11. The first kappa shape index (κ1) is 14.2. The Morgan fingerprint density at radius 2 is 2.38 bits per heavy atom. The molecule has 6 nitrogen and oxygen atoms in total. The number of nitrogens with zero attached hydrogens (tertiary/aromatic N) is 4. The maximum Gasteiger partial charge on any atom is 0.220 e. The van der Waals surface area contributed by atoms with E-state index in [0.29, 0.717) is 13.0 Å². The number of nitrogens with one attached hydrogen (secondary N) is 1. The van der Waals surface area contributed by atoms with E-state index in [1.165, 1.54) is 29.7 Å². The molecule has 21 heavy (non-hydrogen) atoms. The fourth-order valence-electron chi connectivity index (χ4n) is 2.50. The average molecular weight is 305 g/mol. The van der Waals surface area contributed by atoms with Crippen LogP contribution in [0.3, 0.4) is 0 Å². The number of carbonyl (C=O) groups is 1. The molecule has 112 valence electrons. The fourth-order valence-corrected chi connectivity index (χ4v) is 3.65. The fraction of sp³-hybridized carbons (Fsp3) is 0.571. The van der Waals surface area contributed by atoms with Gasteiger partial charge in [-0.1, -0.05) is 0 Å². The predicted molar refractivity (Wildman–Crippen MR) is 80.1 cm³/mol. The summed E-state index contributed by atoms with van der Waals surface area (Å²) in [6.45, 7) is 1.40. The Kier molecular flexibility index (Phi) is 4.59. The van der Waals surface area contributed by atoms with Gasteiger partial charge < -0.3 is 5.32 Å². The summed E-state index contributed by atoms with van der Waals surface area (Å²) in [7, 11) is 0. The number of amides is 1. The Balaban J connectivity index is 1.32. The van der Waals surface area contributed by atoms with Gasteiger partial charge in [-0.2, -0.15) is 5.10 Å². The molecule has 0 saturated carbocycles. The summed E-state index contributed by atoms with van der Waals surface area (Å²) in [5.74, 6) is 0.0965. The number of fused-ring (bicyclic) bond motifs is 1. The third-order valence-electron chi connectivity index (χ3n) is 3.56. The first-order valence-corrected chi connectivity index (χ1v) is 8.19. The van der Waals surface area contributed by atoms with Crippen molar-refractivity contribution in [3.63, 3.8) is 0 Å². The Bertz CT molecular complexity index is 571. The van der Waals surface area contributed by atoms with Crippen LogP contribution in [-0.4, -0.2) is 32.2 Å². The third kappa shape index (κ3) is 3.87. The van der Waals surface area contributed by atoms with Gasteiger partial charge in [-0.05, 0) is 25.7 Å². The van der Waals surface area contributed by atoms with Crippen LogP contribution in [0.4, 0.5) is 0 Å². The molecule has 0 atom stereocenters. The summed E-state index contributed by atoms with van der Waals surface area (Å²) in [5.41, 5.74) is 1.29. The molecule has 0 aromatic carbocycles. The summed E-state index contributed by atoms with van der Waals surface area (Å²) in [5, 5.41) is 8.12. The summed E-state index contributed by atoms with van der Waals surface area (Å²) < 4.78 is 1.74. The molecule has 7 heteroatoms.